The summed E-state index contributed by atoms with van der Waals surface area (Å²) >= 11 is 0. The lowest BCUT2D eigenvalue weighted by molar-refractivity contribution is 0.202. The van der Waals surface area contributed by atoms with Crippen molar-refractivity contribution in [3.63, 3.8) is 0 Å². The average molecular weight is 222 g/mol. The average Bonchev–Trinajstić information content (AvgIpc) is 2.34. The van der Waals surface area contributed by atoms with Crippen LogP contribution in [0.1, 0.15) is 25.8 Å². The van der Waals surface area contributed by atoms with E-state index in [9.17, 15) is 0 Å². The van der Waals surface area contributed by atoms with Crippen LogP contribution in [0.5, 0.6) is 5.75 Å². The summed E-state index contributed by atoms with van der Waals surface area (Å²) in [5.74, 6) is 1.58. The molecule has 0 heterocycles. The molecule has 0 fully saturated rings. The van der Waals surface area contributed by atoms with Gasteiger partial charge in [0, 0.05) is 7.11 Å². The first kappa shape index (κ1) is 13.0. The van der Waals surface area contributed by atoms with Crippen molar-refractivity contribution in [1.29, 1.82) is 0 Å². The van der Waals surface area contributed by atoms with Gasteiger partial charge in [-0.15, -0.1) is 0 Å². The van der Waals surface area contributed by atoms with Crippen LogP contribution in [0.4, 0.5) is 0 Å². The second-order valence-corrected chi connectivity index (χ2v) is 4.21. The maximum Gasteiger partial charge on any atom is 0.119 e. The van der Waals surface area contributed by atoms with Crippen LogP contribution in [0.3, 0.4) is 0 Å². The number of hydrogen-bond donors (Lipinski definition) is 0. The molecular weight excluding hydrogens is 200 g/mol. The minimum absolute atomic E-state index is 0.619. The quantitative estimate of drug-likeness (QED) is 0.704. The third-order valence-electron chi connectivity index (χ3n) is 2.75. The zero-order chi connectivity index (χ0) is 11.8. The molecule has 0 aromatic heterocycles. The largest absolute Gasteiger partial charge is 0.493 e. The standard InChI is InChI=1S/C14H22O2/c1-4-12(2)11-16-14-7-5-13(6-8-14)9-10-15-3/h5-8,12H,4,9-11H2,1-3H3. The molecular formula is C14H22O2. The van der Waals surface area contributed by atoms with Gasteiger partial charge in [0.05, 0.1) is 13.2 Å². The number of methoxy groups -OCH3 is 1. The van der Waals surface area contributed by atoms with E-state index in [4.69, 9.17) is 9.47 Å². The first-order chi connectivity index (χ1) is 7.76. The third-order valence-corrected chi connectivity index (χ3v) is 2.75. The van der Waals surface area contributed by atoms with E-state index in [2.05, 4.69) is 26.0 Å². The molecule has 1 rings (SSSR count). The summed E-state index contributed by atoms with van der Waals surface area (Å²) < 4.78 is 10.7. The van der Waals surface area contributed by atoms with E-state index in [0.29, 0.717) is 5.92 Å². The van der Waals surface area contributed by atoms with E-state index < -0.39 is 0 Å². The van der Waals surface area contributed by atoms with Gasteiger partial charge in [0.15, 0.2) is 0 Å². The molecule has 2 nitrogen and oxygen atoms in total. The van der Waals surface area contributed by atoms with Crippen molar-refractivity contribution in [2.45, 2.75) is 26.7 Å². The zero-order valence-corrected chi connectivity index (χ0v) is 10.5. The first-order valence-electron chi connectivity index (χ1n) is 5.97. The molecule has 0 spiro atoms. The molecule has 0 amide bonds. The van der Waals surface area contributed by atoms with Crippen LogP contribution >= 0.6 is 0 Å². The highest BCUT2D eigenvalue weighted by Crippen LogP contribution is 2.14. The molecule has 0 aliphatic heterocycles. The van der Waals surface area contributed by atoms with Crippen LogP contribution in [0, 0.1) is 5.92 Å². The van der Waals surface area contributed by atoms with Crippen molar-refractivity contribution in [2.24, 2.45) is 5.92 Å². The number of benzene rings is 1. The lowest BCUT2D eigenvalue weighted by Crippen LogP contribution is -2.07. The van der Waals surface area contributed by atoms with Gasteiger partial charge in [0.2, 0.25) is 0 Å². The summed E-state index contributed by atoms with van der Waals surface area (Å²) in [5, 5.41) is 0. The van der Waals surface area contributed by atoms with Gasteiger partial charge in [-0.3, -0.25) is 0 Å². The van der Waals surface area contributed by atoms with Gasteiger partial charge in [-0.25, -0.2) is 0 Å². The molecule has 90 valence electrons. The lowest BCUT2D eigenvalue weighted by Gasteiger charge is -2.11. The summed E-state index contributed by atoms with van der Waals surface area (Å²) in [6.07, 6.45) is 2.12. The fourth-order valence-electron chi connectivity index (χ4n) is 1.33. The molecule has 2 heteroatoms. The molecule has 1 unspecified atom stereocenters. The Bertz CT molecular complexity index is 279. The summed E-state index contributed by atoms with van der Waals surface area (Å²) in [5.41, 5.74) is 1.29. The fourth-order valence-corrected chi connectivity index (χ4v) is 1.33. The molecule has 0 saturated carbocycles. The zero-order valence-electron chi connectivity index (χ0n) is 10.5. The second-order valence-electron chi connectivity index (χ2n) is 4.21. The van der Waals surface area contributed by atoms with E-state index in [1.54, 1.807) is 7.11 Å². The van der Waals surface area contributed by atoms with Crippen LogP contribution < -0.4 is 4.74 Å². The van der Waals surface area contributed by atoms with Gasteiger partial charge < -0.3 is 9.47 Å². The highest BCUT2D eigenvalue weighted by Gasteiger charge is 2.00. The lowest BCUT2D eigenvalue weighted by atomic mass is 10.1. The van der Waals surface area contributed by atoms with Crippen molar-refractivity contribution < 1.29 is 9.47 Å². The maximum absolute atomic E-state index is 5.69. The van der Waals surface area contributed by atoms with Gasteiger partial charge in [0.25, 0.3) is 0 Å². The van der Waals surface area contributed by atoms with Crippen molar-refractivity contribution in [3.05, 3.63) is 29.8 Å². The summed E-state index contributed by atoms with van der Waals surface area (Å²) in [7, 11) is 1.73. The Hall–Kier alpha value is -1.02. The Morgan fingerprint density at radius 3 is 2.44 bits per heavy atom. The number of hydrogen-bond acceptors (Lipinski definition) is 2. The van der Waals surface area contributed by atoms with Gasteiger partial charge in [-0.1, -0.05) is 32.4 Å². The molecule has 0 radical (unpaired) electrons. The van der Waals surface area contributed by atoms with Crippen molar-refractivity contribution in [2.75, 3.05) is 20.3 Å². The van der Waals surface area contributed by atoms with E-state index >= 15 is 0 Å². The highest BCUT2D eigenvalue weighted by atomic mass is 16.5. The first-order valence-corrected chi connectivity index (χ1v) is 5.97. The van der Waals surface area contributed by atoms with Crippen molar-refractivity contribution >= 4 is 0 Å². The topological polar surface area (TPSA) is 18.5 Å². The molecule has 1 aromatic carbocycles. The van der Waals surface area contributed by atoms with E-state index in [-0.39, 0.29) is 0 Å². The van der Waals surface area contributed by atoms with Crippen LogP contribution in [0.25, 0.3) is 0 Å². The van der Waals surface area contributed by atoms with Crippen LogP contribution in [0.15, 0.2) is 24.3 Å². The molecule has 0 aliphatic rings. The minimum Gasteiger partial charge on any atom is -0.493 e. The predicted octanol–water partition coefficient (Wildman–Crippen LogP) is 3.30. The Labute approximate surface area is 98.6 Å². The molecule has 0 aliphatic carbocycles. The summed E-state index contributed by atoms with van der Waals surface area (Å²) in [6, 6.07) is 8.27. The Balaban J connectivity index is 2.38. The monoisotopic (exact) mass is 222 g/mol. The van der Waals surface area contributed by atoms with Gasteiger partial charge in [0.1, 0.15) is 5.75 Å². The van der Waals surface area contributed by atoms with Crippen LogP contribution in [-0.4, -0.2) is 20.3 Å². The molecule has 1 aromatic rings. The third kappa shape index (κ3) is 4.67. The van der Waals surface area contributed by atoms with Crippen LogP contribution in [0.2, 0.25) is 0 Å². The van der Waals surface area contributed by atoms with Crippen molar-refractivity contribution in [1.82, 2.24) is 0 Å². The van der Waals surface area contributed by atoms with Crippen LogP contribution in [-0.2, 0) is 11.2 Å². The normalized spacial score (nSPS) is 12.4. The summed E-state index contributed by atoms with van der Waals surface area (Å²) in [4.78, 5) is 0. The maximum atomic E-state index is 5.69. The van der Waals surface area contributed by atoms with E-state index in [0.717, 1.165) is 31.8 Å². The molecule has 1 atom stereocenters. The predicted molar refractivity (Wildman–Crippen MR) is 67.0 cm³/mol. The molecule has 16 heavy (non-hydrogen) atoms. The molecule has 0 saturated heterocycles. The van der Waals surface area contributed by atoms with Crippen molar-refractivity contribution in [3.8, 4) is 5.75 Å². The highest BCUT2D eigenvalue weighted by molar-refractivity contribution is 5.27. The van der Waals surface area contributed by atoms with Gasteiger partial charge in [-0.2, -0.15) is 0 Å². The Morgan fingerprint density at radius 2 is 1.88 bits per heavy atom. The fraction of sp³-hybridized carbons (Fsp3) is 0.571. The van der Waals surface area contributed by atoms with Gasteiger partial charge >= 0.3 is 0 Å². The molecule has 0 N–H and O–H groups in total. The Morgan fingerprint density at radius 1 is 1.19 bits per heavy atom. The van der Waals surface area contributed by atoms with Gasteiger partial charge in [-0.05, 0) is 30.0 Å². The minimum atomic E-state index is 0.619. The van der Waals surface area contributed by atoms with E-state index in [1.807, 2.05) is 12.1 Å². The van der Waals surface area contributed by atoms with E-state index in [1.165, 1.54) is 5.56 Å². The molecule has 0 bridgehead atoms. The smallest absolute Gasteiger partial charge is 0.119 e. The number of rotatable bonds is 7. The second kappa shape index (κ2) is 7.29. The Kier molecular flexibility index (Phi) is 5.94. The SMILES string of the molecule is CCC(C)COc1ccc(CCOC)cc1. The number of ether oxygens (including phenoxy) is 2. The summed E-state index contributed by atoms with van der Waals surface area (Å²) in [6.45, 7) is 5.95.